The Bertz CT molecular complexity index is 262. The van der Waals surface area contributed by atoms with Gasteiger partial charge in [-0.15, -0.1) is 0 Å². The minimum Gasteiger partial charge on any atom is -0.349 e. The van der Waals surface area contributed by atoms with Crippen molar-refractivity contribution in [1.82, 2.24) is 9.55 Å². The highest BCUT2D eigenvalue weighted by Gasteiger charge is 2.06. The number of aromatic nitrogens is 2. The Morgan fingerprint density at radius 2 is 2.60 bits per heavy atom. The van der Waals surface area contributed by atoms with Gasteiger partial charge in [0.25, 0.3) is 0 Å². The van der Waals surface area contributed by atoms with E-state index in [1.165, 1.54) is 0 Å². The number of hydrogen-bond acceptors (Lipinski definition) is 2. The van der Waals surface area contributed by atoms with Crippen LogP contribution < -0.4 is 5.32 Å². The lowest BCUT2D eigenvalue weighted by Gasteiger charge is -2.15. The molecule has 0 saturated carbocycles. The van der Waals surface area contributed by atoms with Crippen LogP contribution in [0.5, 0.6) is 0 Å². The number of imidazole rings is 1. The molecule has 3 heteroatoms. The largest absolute Gasteiger partial charge is 0.349 e. The lowest BCUT2D eigenvalue weighted by molar-refractivity contribution is 0.919. The zero-order chi connectivity index (χ0) is 6.97. The molecule has 1 aliphatic rings. The standard InChI is InChI=1S/C7H9N3/c1-6-2-4-10-5-3-8-7(10)9-6/h2-6H,1H3,(H,8,9)/t6-/m1/s1. The van der Waals surface area contributed by atoms with Gasteiger partial charge in [0.05, 0.1) is 0 Å². The van der Waals surface area contributed by atoms with Crippen LogP contribution in [0.25, 0.3) is 6.20 Å². The van der Waals surface area contributed by atoms with E-state index in [2.05, 4.69) is 23.3 Å². The average molecular weight is 135 g/mol. The average Bonchev–Trinajstić information content (AvgIpc) is 2.33. The van der Waals surface area contributed by atoms with Crippen molar-refractivity contribution in [3.05, 3.63) is 18.5 Å². The van der Waals surface area contributed by atoms with Crippen molar-refractivity contribution < 1.29 is 0 Å². The zero-order valence-corrected chi connectivity index (χ0v) is 5.78. The second kappa shape index (κ2) is 1.87. The predicted molar refractivity (Wildman–Crippen MR) is 40.6 cm³/mol. The maximum absolute atomic E-state index is 4.11. The van der Waals surface area contributed by atoms with E-state index in [0.717, 1.165) is 5.95 Å². The first-order valence-electron chi connectivity index (χ1n) is 3.34. The Morgan fingerprint density at radius 3 is 3.50 bits per heavy atom. The van der Waals surface area contributed by atoms with Crippen LogP contribution in [0.1, 0.15) is 6.92 Å². The normalized spacial score (nSPS) is 21.9. The third-order valence-corrected chi connectivity index (χ3v) is 1.56. The number of rotatable bonds is 0. The summed E-state index contributed by atoms with van der Waals surface area (Å²) in [6.07, 6.45) is 7.81. The van der Waals surface area contributed by atoms with Gasteiger partial charge in [-0.25, -0.2) is 4.98 Å². The Balaban J connectivity index is 2.43. The van der Waals surface area contributed by atoms with E-state index >= 15 is 0 Å². The fourth-order valence-corrected chi connectivity index (χ4v) is 1.02. The minimum absolute atomic E-state index is 0.398. The Labute approximate surface area is 59.4 Å². The molecule has 3 nitrogen and oxygen atoms in total. The molecule has 2 heterocycles. The van der Waals surface area contributed by atoms with Gasteiger partial charge < -0.3 is 5.32 Å². The lowest BCUT2D eigenvalue weighted by atomic mass is 10.3. The molecule has 0 aromatic carbocycles. The second-order valence-electron chi connectivity index (χ2n) is 2.43. The monoisotopic (exact) mass is 135 g/mol. The number of nitrogens with one attached hydrogen (secondary N) is 1. The molecule has 2 rings (SSSR count). The number of anilines is 1. The van der Waals surface area contributed by atoms with Gasteiger partial charge in [-0.1, -0.05) is 0 Å². The van der Waals surface area contributed by atoms with Gasteiger partial charge in [0.15, 0.2) is 0 Å². The van der Waals surface area contributed by atoms with E-state index in [1.807, 2.05) is 17.0 Å². The summed E-state index contributed by atoms with van der Waals surface area (Å²) < 4.78 is 1.96. The number of nitrogens with zero attached hydrogens (tertiary/aromatic N) is 2. The highest BCUT2D eigenvalue weighted by Crippen LogP contribution is 2.11. The molecule has 0 spiro atoms. The number of fused-ring (bicyclic) bond motifs is 1. The maximum atomic E-state index is 4.11. The summed E-state index contributed by atoms with van der Waals surface area (Å²) in [7, 11) is 0. The molecular formula is C7H9N3. The van der Waals surface area contributed by atoms with Crippen molar-refractivity contribution in [2.45, 2.75) is 13.0 Å². The van der Waals surface area contributed by atoms with Gasteiger partial charge in [-0.05, 0) is 13.0 Å². The Hall–Kier alpha value is -1.25. The number of hydrogen-bond donors (Lipinski definition) is 1. The highest BCUT2D eigenvalue weighted by molar-refractivity contribution is 5.45. The summed E-state index contributed by atoms with van der Waals surface area (Å²) >= 11 is 0. The van der Waals surface area contributed by atoms with Gasteiger partial charge in [-0.2, -0.15) is 0 Å². The predicted octanol–water partition coefficient (Wildman–Crippen LogP) is 1.17. The van der Waals surface area contributed by atoms with Crippen molar-refractivity contribution >= 4 is 12.1 Å². The Morgan fingerprint density at radius 1 is 1.70 bits per heavy atom. The second-order valence-corrected chi connectivity index (χ2v) is 2.43. The SMILES string of the molecule is C[C@@H]1C=Cn2ccnc2N1. The van der Waals surface area contributed by atoms with Crippen molar-refractivity contribution in [2.75, 3.05) is 5.32 Å². The van der Waals surface area contributed by atoms with Crippen molar-refractivity contribution in [2.24, 2.45) is 0 Å². The Kier molecular flexibility index (Phi) is 1.03. The van der Waals surface area contributed by atoms with Crippen molar-refractivity contribution in [3.8, 4) is 0 Å². The fourth-order valence-electron chi connectivity index (χ4n) is 1.02. The van der Waals surface area contributed by atoms with Crippen LogP contribution >= 0.6 is 0 Å². The molecule has 1 N–H and O–H groups in total. The summed E-state index contributed by atoms with van der Waals surface area (Å²) in [4.78, 5) is 4.11. The molecule has 0 amide bonds. The highest BCUT2D eigenvalue weighted by atomic mass is 15.2. The van der Waals surface area contributed by atoms with Gasteiger partial charge in [0.2, 0.25) is 5.95 Å². The molecule has 10 heavy (non-hydrogen) atoms. The van der Waals surface area contributed by atoms with Crippen LogP contribution in [-0.2, 0) is 0 Å². The smallest absolute Gasteiger partial charge is 0.207 e. The molecule has 1 aliphatic heterocycles. The molecule has 52 valence electrons. The molecule has 1 aromatic heterocycles. The van der Waals surface area contributed by atoms with Gasteiger partial charge in [0.1, 0.15) is 0 Å². The molecule has 0 saturated heterocycles. The van der Waals surface area contributed by atoms with Crippen molar-refractivity contribution in [1.29, 1.82) is 0 Å². The molecular weight excluding hydrogens is 126 g/mol. The first-order chi connectivity index (χ1) is 4.86. The molecule has 0 radical (unpaired) electrons. The molecule has 1 aromatic rings. The topological polar surface area (TPSA) is 29.9 Å². The zero-order valence-electron chi connectivity index (χ0n) is 5.78. The minimum atomic E-state index is 0.398. The summed E-state index contributed by atoms with van der Waals surface area (Å²) in [6, 6.07) is 0.398. The molecule has 0 aliphatic carbocycles. The van der Waals surface area contributed by atoms with Crippen LogP contribution in [0.15, 0.2) is 18.5 Å². The summed E-state index contributed by atoms with van der Waals surface area (Å²) in [5.41, 5.74) is 0. The van der Waals surface area contributed by atoms with Crippen LogP contribution in [0.4, 0.5) is 5.95 Å². The van der Waals surface area contributed by atoms with Gasteiger partial charge in [-0.3, -0.25) is 4.57 Å². The third-order valence-electron chi connectivity index (χ3n) is 1.56. The van der Waals surface area contributed by atoms with E-state index in [0.29, 0.717) is 6.04 Å². The first kappa shape index (κ1) is 5.53. The molecule has 0 fully saturated rings. The third kappa shape index (κ3) is 0.708. The van der Waals surface area contributed by atoms with Gasteiger partial charge >= 0.3 is 0 Å². The fraction of sp³-hybridized carbons (Fsp3) is 0.286. The van der Waals surface area contributed by atoms with Crippen LogP contribution in [0.3, 0.4) is 0 Å². The summed E-state index contributed by atoms with van der Waals surface area (Å²) in [5, 5.41) is 3.20. The maximum Gasteiger partial charge on any atom is 0.207 e. The molecule has 1 atom stereocenters. The lowest BCUT2D eigenvalue weighted by Crippen LogP contribution is -2.18. The van der Waals surface area contributed by atoms with E-state index in [9.17, 15) is 0 Å². The van der Waals surface area contributed by atoms with E-state index in [1.54, 1.807) is 6.20 Å². The summed E-state index contributed by atoms with van der Waals surface area (Å²) in [6.45, 7) is 2.09. The summed E-state index contributed by atoms with van der Waals surface area (Å²) in [5.74, 6) is 0.926. The van der Waals surface area contributed by atoms with Crippen LogP contribution in [-0.4, -0.2) is 15.6 Å². The molecule has 0 bridgehead atoms. The molecule has 0 unspecified atom stereocenters. The van der Waals surface area contributed by atoms with Crippen LogP contribution in [0, 0.1) is 0 Å². The van der Waals surface area contributed by atoms with Gasteiger partial charge in [0, 0.05) is 24.6 Å². The first-order valence-corrected chi connectivity index (χ1v) is 3.34. The van der Waals surface area contributed by atoms with E-state index < -0.39 is 0 Å². The quantitative estimate of drug-likeness (QED) is 0.578. The van der Waals surface area contributed by atoms with Crippen LogP contribution in [0.2, 0.25) is 0 Å². The van der Waals surface area contributed by atoms with E-state index in [4.69, 9.17) is 0 Å². The van der Waals surface area contributed by atoms with Crippen molar-refractivity contribution in [3.63, 3.8) is 0 Å². The van der Waals surface area contributed by atoms with E-state index in [-0.39, 0.29) is 0 Å².